The normalized spacial score (nSPS) is 10.7. The van der Waals surface area contributed by atoms with Crippen LogP contribution in [0.4, 0.5) is 4.39 Å². The summed E-state index contributed by atoms with van der Waals surface area (Å²) >= 11 is 0. The van der Waals surface area contributed by atoms with Crippen molar-refractivity contribution in [2.45, 2.75) is 33.4 Å². The van der Waals surface area contributed by atoms with Gasteiger partial charge in [-0.25, -0.2) is 4.39 Å². The molecule has 0 saturated carbocycles. The van der Waals surface area contributed by atoms with Gasteiger partial charge in [-0.15, -0.1) is 0 Å². The maximum atomic E-state index is 13.7. The molecule has 1 aromatic heterocycles. The van der Waals surface area contributed by atoms with Crippen LogP contribution in [-0.4, -0.2) is 23.0 Å². The largest absolute Gasteiger partial charge is 0.489 e. The molecule has 2 aromatic carbocycles. The second-order valence-electron chi connectivity index (χ2n) is 6.75. The third kappa shape index (κ3) is 4.76. The first-order valence-electron chi connectivity index (χ1n) is 9.05. The molecule has 0 N–H and O–H groups in total. The third-order valence-corrected chi connectivity index (χ3v) is 4.63. The molecule has 0 radical (unpaired) electrons. The molecule has 0 atom stereocenters. The van der Waals surface area contributed by atoms with E-state index in [4.69, 9.17) is 9.26 Å². The van der Waals surface area contributed by atoms with E-state index >= 15 is 0 Å². The maximum absolute atomic E-state index is 13.7. The molecule has 0 fully saturated rings. The summed E-state index contributed by atoms with van der Waals surface area (Å²) in [4.78, 5) is 14.0. The van der Waals surface area contributed by atoms with Crippen LogP contribution in [0.5, 0.6) is 5.75 Å². The Hall–Kier alpha value is -3.15. The monoisotopic (exact) mass is 382 g/mol. The van der Waals surface area contributed by atoms with E-state index < -0.39 is 0 Å². The molecule has 0 aliphatic carbocycles. The van der Waals surface area contributed by atoms with Gasteiger partial charge in [0.2, 0.25) is 5.91 Å². The number of likely N-dealkylation sites (N-methyl/N-ethyl adjacent to an activating group) is 1. The van der Waals surface area contributed by atoms with Gasteiger partial charge in [-0.3, -0.25) is 4.79 Å². The van der Waals surface area contributed by atoms with E-state index in [-0.39, 0.29) is 24.7 Å². The molecular weight excluding hydrogens is 359 g/mol. The molecule has 6 heteroatoms. The van der Waals surface area contributed by atoms with Gasteiger partial charge in [0.25, 0.3) is 0 Å². The number of ether oxygens (including phenoxy) is 1. The van der Waals surface area contributed by atoms with Gasteiger partial charge in [0.15, 0.2) is 0 Å². The van der Waals surface area contributed by atoms with Crippen molar-refractivity contribution in [1.29, 1.82) is 0 Å². The van der Waals surface area contributed by atoms with E-state index in [9.17, 15) is 9.18 Å². The lowest BCUT2D eigenvalue weighted by Crippen LogP contribution is -2.28. The number of hydrogen-bond acceptors (Lipinski definition) is 4. The Kier molecular flexibility index (Phi) is 6.09. The minimum absolute atomic E-state index is 0.0763. The summed E-state index contributed by atoms with van der Waals surface area (Å²) < 4.78 is 24.6. The van der Waals surface area contributed by atoms with Crippen molar-refractivity contribution in [2.75, 3.05) is 7.05 Å². The van der Waals surface area contributed by atoms with Crippen LogP contribution >= 0.6 is 0 Å². The number of nitrogens with zero attached hydrogens (tertiary/aromatic N) is 2. The second kappa shape index (κ2) is 8.69. The predicted molar refractivity (Wildman–Crippen MR) is 103 cm³/mol. The second-order valence-corrected chi connectivity index (χ2v) is 6.75. The lowest BCUT2D eigenvalue weighted by atomic mass is 10.1. The summed E-state index contributed by atoms with van der Waals surface area (Å²) in [5.74, 6) is 1.07. The van der Waals surface area contributed by atoms with Gasteiger partial charge in [-0.05, 0) is 37.6 Å². The number of carbonyl (C=O) groups is 1. The molecule has 0 unspecified atom stereocenters. The van der Waals surface area contributed by atoms with Crippen LogP contribution in [-0.2, 0) is 24.4 Å². The molecule has 1 amide bonds. The first-order valence-corrected chi connectivity index (χ1v) is 9.05. The van der Waals surface area contributed by atoms with Gasteiger partial charge >= 0.3 is 0 Å². The van der Waals surface area contributed by atoms with Crippen LogP contribution in [0.1, 0.15) is 28.1 Å². The van der Waals surface area contributed by atoms with Crippen molar-refractivity contribution < 1.29 is 18.4 Å². The number of aromatic nitrogens is 1. The number of benzene rings is 2. The highest BCUT2D eigenvalue weighted by molar-refractivity contribution is 5.78. The molecule has 0 bridgehead atoms. The van der Waals surface area contributed by atoms with Gasteiger partial charge in [-0.2, -0.15) is 0 Å². The highest BCUT2D eigenvalue weighted by atomic mass is 19.1. The quantitative estimate of drug-likeness (QED) is 0.614. The number of rotatable bonds is 7. The van der Waals surface area contributed by atoms with Gasteiger partial charge in [-0.1, -0.05) is 35.5 Å². The standard InChI is InChI=1S/C22H23FN2O3/c1-15-20(16(2)28-24-15)14-27-19-10-8-17(9-11-19)12-22(26)25(3)13-18-6-4-5-7-21(18)23/h4-11H,12-14H2,1-3H3. The van der Waals surface area contributed by atoms with Crippen molar-refractivity contribution in [3.8, 4) is 5.75 Å². The van der Waals surface area contributed by atoms with Crippen LogP contribution in [0.3, 0.4) is 0 Å². The summed E-state index contributed by atoms with van der Waals surface area (Å²) in [5, 5.41) is 3.91. The Morgan fingerprint density at radius 2 is 1.86 bits per heavy atom. The molecule has 0 aliphatic rings. The molecule has 5 nitrogen and oxygen atoms in total. The zero-order valence-corrected chi connectivity index (χ0v) is 16.2. The fraction of sp³-hybridized carbons (Fsp3) is 0.273. The van der Waals surface area contributed by atoms with Crippen LogP contribution in [0.25, 0.3) is 0 Å². The average Bonchev–Trinajstić information content (AvgIpc) is 3.00. The molecular formula is C22H23FN2O3. The fourth-order valence-electron chi connectivity index (χ4n) is 2.85. The lowest BCUT2D eigenvalue weighted by molar-refractivity contribution is -0.129. The molecule has 146 valence electrons. The third-order valence-electron chi connectivity index (χ3n) is 4.63. The molecule has 3 aromatic rings. The van der Waals surface area contributed by atoms with Crippen molar-refractivity contribution in [3.05, 3.63) is 82.5 Å². The zero-order chi connectivity index (χ0) is 20.1. The van der Waals surface area contributed by atoms with E-state index in [2.05, 4.69) is 5.16 Å². The molecule has 1 heterocycles. The predicted octanol–water partition coefficient (Wildman–Crippen LogP) is 4.21. The average molecular weight is 382 g/mol. The minimum atomic E-state index is -0.304. The number of carbonyl (C=O) groups excluding carboxylic acids is 1. The summed E-state index contributed by atoms with van der Waals surface area (Å²) in [6.07, 6.45) is 0.245. The van der Waals surface area contributed by atoms with Crippen LogP contribution in [0.15, 0.2) is 53.1 Å². The molecule has 3 rings (SSSR count). The molecule has 0 aliphatic heterocycles. The van der Waals surface area contributed by atoms with Gasteiger partial charge in [0.1, 0.15) is 23.9 Å². The van der Waals surface area contributed by atoms with Crippen molar-refractivity contribution in [1.82, 2.24) is 10.1 Å². The Balaban J connectivity index is 1.54. The molecule has 0 spiro atoms. The summed E-state index contributed by atoms with van der Waals surface area (Å²) in [7, 11) is 1.68. The summed E-state index contributed by atoms with van der Waals surface area (Å²) in [5.41, 5.74) is 3.13. The Morgan fingerprint density at radius 3 is 2.50 bits per heavy atom. The number of amides is 1. The molecule has 28 heavy (non-hydrogen) atoms. The van der Waals surface area contributed by atoms with Gasteiger partial charge in [0.05, 0.1) is 17.7 Å². The first-order chi connectivity index (χ1) is 13.4. The van der Waals surface area contributed by atoms with Crippen LogP contribution in [0, 0.1) is 19.7 Å². The summed E-state index contributed by atoms with van der Waals surface area (Å²) in [6.45, 7) is 4.35. The Labute approximate surface area is 163 Å². The topological polar surface area (TPSA) is 55.6 Å². The van der Waals surface area contributed by atoms with Crippen LogP contribution in [0.2, 0.25) is 0 Å². The number of hydrogen-bond donors (Lipinski definition) is 0. The number of aryl methyl sites for hydroxylation is 2. The summed E-state index contributed by atoms with van der Waals surface area (Å²) in [6, 6.07) is 13.9. The first kappa shape index (κ1) is 19.6. The maximum Gasteiger partial charge on any atom is 0.227 e. The van der Waals surface area contributed by atoms with E-state index in [1.165, 1.54) is 11.0 Å². The van der Waals surface area contributed by atoms with Gasteiger partial charge in [0, 0.05) is 19.2 Å². The van der Waals surface area contributed by atoms with E-state index in [0.29, 0.717) is 17.9 Å². The van der Waals surface area contributed by atoms with E-state index in [1.807, 2.05) is 38.1 Å². The van der Waals surface area contributed by atoms with Crippen molar-refractivity contribution >= 4 is 5.91 Å². The minimum Gasteiger partial charge on any atom is -0.489 e. The Morgan fingerprint density at radius 1 is 1.14 bits per heavy atom. The van der Waals surface area contributed by atoms with E-state index in [0.717, 1.165) is 22.6 Å². The zero-order valence-electron chi connectivity index (χ0n) is 16.2. The van der Waals surface area contributed by atoms with Crippen molar-refractivity contribution in [3.63, 3.8) is 0 Å². The highest BCUT2D eigenvalue weighted by Crippen LogP contribution is 2.18. The SMILES string of the molecule is Cc1noc(C)c1COc1ccc(CC(=O)N(C)Cc2ccccc2F)cc1. The highest BCUT2D eigenvalue weighted by Gasteiger charge is 2.13. The lowest BCUT2D eigenvalue weighted by Gasteiger charge is -2.18. The fourth-order valence-corrected chi connectivity index (χ4v) is 2.85. The van der Waals surface area contributed by atoms with E-state index in [1.54, 1.807) is 25.2 Å². The Bertz CT molecular complexity index is 931. The number of halogens is 1. The smallest absolute Gasteiger partial charge is 0.227 e. The van der Waals surface area contributed by atoms with Crippen molar-refractivity contribution in [2.24, 2.45) is 0 Å². The van der Waals surface area contributed by atoms with Crippen LogP contribution < -0.4 is 4.74 Å². The molecule has 0 saturated heterocycles. The van der Waals surface area contributed by atoms with Gasteiger partial charge < -0.3 is 14.2 Å².